The van der Waals surface area contributed by atoms with Crippen LogP contribution in [0.5, 0.6) is 0 Å². The molecule has 1 amide bonds. The third-order valence-corrected chi connectivity index (χ3v) is 12.0. The van der Waals surface area contributed by atoms with Crippen LogP contribution < -0.4 is 5.32 Å². The van der Waals surface area contributed by atoms with Crippen LogP contribution >= 0.6 is 0 Å². The SMILES string of the molecule is CC/C=C\C/C=C\C/C=C\C/C=C\C/C=C\C/C=C\C/C=C\C/C=C\CCCCC(=O)NC(COC1OC(CO)C(OC2OC(CO)C(O)C(O)C2O)C(O)C1O)C(O)/C=C/CC/C=C/CC/C=C/CCCC. The smallest absolute Gasteiger partial charge is 0.220 e. The Labute approximate surface area is 437 Å². The number of hydrogen-bond acceptors (Lipinski definition) is 13. The first-order chi connectivity index (χ1) is 35.6. The van der Waals surface area contributed by atoms with Gasteiger partial charge < -0.3 is 65.1 Å². The molecule has 0 radical (unpaired) electrons. The van der Waals surface area contributed by atoms with Crippen molar-refractivity contribution in [1.29, 1.82) is 0 Å². The van der Waals surface area contributed by atoms with Gasteiger partial charge in [0, 0.05) is 6.42 Å². The van der Waals surface area contributed by atoms with Crippen molar-refractivity contribution in [2.45, 2.75) is 209 Å². The van der Waals surface area contributed by atoms with E-state index in [0.29, 0.717) is 12.8 Å². The van der Waals surface area contributed by atoms with Crippen molar-refractivity contribution in [2.24, 2.45) is 0 Å². The van der Waals surface area contributed by atoms with Crippen molar-refractivity contribution in [3.63, 3.8) is 0 Å². The van der Waals surface area contributed by atoms with Crippen LogP contribution in [0.3, 0.4) is 0 Å². The van der Waals surface area contributed by atoms with E-state index in [1.54, 1.807) is 6.08 Å². The molecule has 2 aliphatic heterocycles. The first-order valence-corrected chi connectivity index (χ1v) is 26.9. The van der Waals surface area contributed by atoms with E-state index in [2.05, 4.69) is 141 Å². The van der Waals surface area contributed by atoms with Gasteiger partial charge in [-0.3, -0.25) is 4.79 Å². The summed E-state index contributed by atoms with van der Waals surface area (Å²) in [4.78, 5) is 13.2. The van der Waals surface area contributed by atoms with Crippen molar-refractivity contribution < 1.29 is 64.6 Å². The monoisotopic (exact) mass is 1020 g/mol. The van der Waals surface area contributed by atoms with E-state index in [-0.39, 0.29) is 18.9 Å². The van der Waals surface area contributed by atoms with Crippen molar-refractivity contribution in [3.05, 3.63) is 134 Å². The van der Waals surface area contributed by atoms with Gasteiger partial charge in [-0.1, -0.05) is 160 Å². The zero-order chi connectivity index (χ0) is 53.2. The molecule has 412 valence electrons. The molecule has 12 atom stereocenters. The number of carbonyl (C=O) groups is 1. The zero-order valence-electron chi connectivity index (χ0n) is 43.8. The highest BCUT2D eigenvalue weighted by atomic mass is 16.7. The Hall–Kier alpha value is -3.87. The number of nitrogens with one attached hydrogen (secondary N) is 1. The quantitative estimate of drug-likeness (QED) is 0.0210. The van der Waals surface area contributed by atoms with Crippen LogP contribution in [-0.2, 0) is 23.7 Å². The van der Waals surface area contributed by atoms with Gasteiger partial charge in [-0.15, -0.1) is 0 Å². The molecule has 2 aliphatic rings. The zero-order valence-corrected chi connectivity index (χ0v) is 43.8. The van der Waals surface area contributed by atoms with Gasteiger partial charge in [-0.25, -0.2) is 0 Å². The van der Waals surface area contributed by atoms with Crippen LogP contribution in [-0.4, -0.2) is 140 Å². The minimum atomic E-state index is -1.80. The van der Waals surface area contributed by atoms with E-state index in [0.717, 1.165) is 89.9 Å². The fourth-order valence-corrected chi connectivity index (χ4v) is 7.67. The van der Waals surface area contributed by atoms with E-state index in [1.807, 2.05) is 6.08 Å². The number of aliphatic hydroxyl groups is 8. The molecule has 2 fully saturated rings. The number of rotatable bonds is 39. The Morgan fingerprint density at radius 1 is 0.507 bits per heavy atom. The largest absolute Gasteiger partial charge is 0.394 e. The number of aliphatic hydroxyl groups excluding tert-OH is 8. The summed E-state index contributed by atoms with van der Waals surface area (Å²) in [6.45, 7) is 2.53. The molecule has 12 unspecified atom stereocenters. The standard InChI is InChI=1S/C59H93NO13/c1-3-5-7-9-11-13-15-17-18-19-20-21-22-23-24-25-26-27-28-29-30-31-33-35-37-39-41-43-51(64)60-47(48(63)42-40-38-36-34-32-16-14-12-10-8-6-4-2)46-70-58-56(69)54(67)57(50(45-62)72-58)73-59-55(68)53(66)52(65)49(44-61)71-59/h5,7,10-13,17-18,20-21,23-24,26-27,29-30,32-35,40,42,47-50,52-59,61-63,65-69H,3-4,6,8-9,14-16,19,22,25,28,31,36-39,41,43-46H2,1-2H3,(H,60,64)/b7-5-,12-10+,13-11-,18-17-,21-20-,24-23-,27-26-,30-29-,34-32+,35-33-,42-40+. The highest BCUT2D eigenvalue weighted by molar-refractivity contribution is 5.76. The summed E-state index contributed by atoms with van der Waals surface area (Å²) in [7, 11) is 0. The molecular formula is C59H93NO13. The van der Waals surface area contributed by atoms with Crippen molar-refractivity contribution >= 4 is 5.91 Å². The summed E-state index contributed by atoms with van der Waals surface area (Å²) < 4.78 is 22.6. The molecule has 0 saturated carbocycles. The second-order valence-electron chi connectivity index (χ2n) is 18.2. The number of amides is 1. The maximum atomic E-state index is 13.2. The summed E-state index contributed by atoms with van der Waals surface area (Å²) >= 11 is 0. The van der Waals surface area contributed by atoms with E-state index in [1.165, 1.54) is 12.8 Å². The summed E-state index contributed by atoms with van der Waals surface area (Å²) in [5.74, 6) is -0.305. The minimum Gasteiger partial charge on any atom is -0.394 e. The molecule has 9 N–H and O–H groups in total. The Morgan fingerprint density at radius 3 is 1.45 bits per heavy atom. The summed E-state index contributed by atoms with van der Waals surface area (Å²) in [5.41, 5.74) is 0. The number of allylic oxidation sites excluding steroid dienone is 21. The topological polar surface area (TPSA) is 228 Å². The van der Waals surface area contributed by atoms with Crippen LogP contribution in [0, 0.1) is 0 Å². The van der Waals surface area contributed by atoms with Gasteiger partial charge in [-0.05, 0) is 103 Å². The van der Waals surface area contributed by atoms with Crippen LogP contribution in [0.15, 0.2) is 134 Å². The molecule has 0 aromatic heterocycles. The molecule has 2 saturated heterocycles. The Balaban J connectivity index is 1.81. The lowest BCUT2D eigenvalue weighted by molar-refractivity contribution is -0.359. The molecule has 73 heavy (non-hydrogen) atoms. The molecule has 0 aromatic carbocycles. The van der Waals surface area contributed by atoms with Gasteiger partial charge in [0.1, 0.15) is 48.8 Å². The van der Waals surface area contributed by atoms with Gasteiger partial charge in [0.2, 0.25) is 5.91 Å². The third kappa shape index (κ3) is 29.7. The summed E-state index contributed by atoms with van der Waals surface area (Å²) in [6, 6.07) is -0.970. The molecular weight excluding hydrogens is 931 g/mol. The van der Waals surface area contributed by atoms with Gasteiger partial charge >= 0.3 is 0 Å². The number of unbranched alkanes of at least 4 members (excludes halogenated alkanes) is 6. The van der Waals surface area contributed by atoms with Crippen LogP contribution in [0.4, 0.5) is 0 Å². The Kier molecular flexibility index (Phi) is 38.8. The maximum absolute atomic E-state index is 13.2. The third-order valence-electron chi connectivity index (χ3n) is 12.0. The average molecular weight is 1020 g/mol. The molecule has 0 spiro atoms. The highest BCUT2D eigenvalue weighted by Gasteiger charge is 2.51. The Bertz CT molecular complexity index is 1730. The van der Waals surface area contributed by atoms with E-state index in [4.69, 9.17) is 18.9 Å². The predicted octanol–water partition coefficient (Wildman–Crippen LogP) is 8.04. The van der Waals surface area contributed by atoms with Crippen LogP contribution in [0.2, 0.25) is 0 Å². The second kappa shape index (κ2) is 43.4. The van der Waals surface area contributed by atoms with E-state index < -0.39 is 86.8 Å². The molecule has 0 bridgehead atoms. The average Bonchev–Trinajstić information content (AvgIpc) is 3.39. The van der Waals surface area contributed by atoms with Crippen LogP contribution in [0.1, 0.15) is 136 Å². The lowest BCUT2D eigenvalue weighted by Gasteiger charge is -2.46. The fourth-order valence-electron chi connectivity index (χ4n) is 7.67. The number of carbonyl (C=O) groups excluding carboxylic acids is 1. The molecule has 14 nitrogen and oxygen atoms in total. The van der Waals surface area contributed by atoms with Crippen LogP contribution in [0.25, 0.3) is 0 Å². The predicted molar refractivity (Wildman–Crippen MR) is 290 cm³/mol. The molecule has 0 aromatic rings. The molecule has 14 heteroatoms. The lowest BCUT2D eigenvalue weighted by Crippen LogP contribution is -2.65. The van der Waals surface area contributed by atoms with E-state index in [9.17, 15) is 45.6 Å². The summed E-state index contributed by atoms with van der Waals surface area (Å²) in [5, 5.41) is 86.7. The fraction of sp³-hybridized carbons (Fsp3) is 0.610. The number of ether oxygens (including phenoxy) is 4. The normalized spacial score (nSPS) is 26.5. The van der Waals surface area contributed by atoms with Crippen molar-refractivity contribution in [3.8, 4) is 0 Å². The van der Waals surface area contributed by atoms with Gasteiger partial charge in [0.25, 0.3) is 0 Å². The number of hydrogen-bond donors (Lipinski definition) is 9. The lowest BCUT2D eigenvalue weighted by atomic mass is 9.97. The summed E-state index contributed by atoms with van der Waals surface area (Å²) in [6.07, 6.45) is 46.4. The molecule has 2 rings (SSSR count). The molecule has 0 aliphatic carbocycles. The Morgan fingerprint density at radius 2 is 0.945 bits per heavy atom. The highest BCUT2D eigenvalue weighted by Crippen LogP contribution is 2.30. The van der Waals surface area contributed by atoms with Crippen molar-refractivity contribution in [2.75, 3.05) is 19.8 Å². The van der Waals surface area contributed by atoms with Gasteiger partial charge in [0.15, 0.2) is 12.6 Å². The van der Waals surface area contributed by atoms with Crippen molar-refractivity contribution in [1.82, 2.24) is 5.32 Å². The minimum absolute atomic E-state index is 0.204. The first-order valence-electron chi connectivity index (χ1n) is 26.9. The van der Waals surface area contributed by atoms with Gasteiger partial charge in [-0.2, -0.15) is 0 Å². The van der Waals surface area contributed by atoms with Gasteiger partial charge in [0.05, 0.1) is 32.0 Å². The second-order valence-corrected chi connectivity index (χ2v) is 18.2. The maximum Gasteiger partial charge on any atom is 0.220 e. The first kappa shape index (κ1) is 65.2. The van der Waals surface area contributed by atoms with E-state index >= 15 is 0 Å². The molecule has 2 heterocycles.